The Labute approximate surface area is 399 Å². The molecular weight excluding hydrogens is 853 g/mol. The molecule has 356 valence electrons. The summed E-state index contributed by atoms with van der Waals surface area (Å²) in [5.74, 6) is 0.552. The zero-order chi connectivity index (χ0) is 47.2. The van der Waals surface area contributed by atoms with Gasteiger partial charge in [0, 0.05) is 59.2 Å². The van der Waals surface area contributed by atoms with Gasteiger partial charge < -0.3 is 39.2 Å². The zero-order valence-electron chi connectivity index (χ0n) is 39.3. The lowest BCUT2D eigenvalue weighted by atomic mass is 9.82. The Kier molecular flexibility index (Phi) is 16.3. The highest BCUT2D eigenvalue weighted by atomic mass is 16.3. The third-order valence-electron chi connectivity index (χ3n) is 13.7. The molecule has 12 nitrogen and oxygen atoms in total. The second-order valence-electron chi connectivity index (χ2n) is 18.3. The van der Waals surface area contributed by atoms with Gasteiger partial charge in [0.15, 0.2) is 0 Å². The van der Waals surface area contributed by atoms with Crippen LogP contribution in [0.5, 0.6) is 0 Å². The number of aromatic nitrogens is 2. The van der Waals surface area contributed by atoms with Gasteiger partial charge in [0.2, 0.25) is 11.8 Å². The van der Waals surface area contributed by atoms with Crippen molar-refractivity contribution in [2.75, 3.05) is 26.2 Å². The third-order valence-corrected chi connectivity index (χ3v) is 13.7. The van der Waals surface area contributed by atoms with E-state index in [0.29, 0.717) is 55.6 Å². The second-order valence-corrected chi connectivity index (χ2v) is 18.3. The summed E-state index contributed by atoms with van der Waals surface area (Å²) in [6.07, 6.45) is 29.4. The van der Waals surface area contributed by atoms with Gasteiger partial charge in [-0.05, 0) is 111 Å². The minimum atomic E-state index is -0.124. The lowest BCUT2D eigenvalue weighted by molar-refractivity contribution is -0.122. The van der Waals surface area contributed by atoms with Crippen molar-refractivity contribution in [3.63, 3.8) is 0 Å². The molecule has 5 heterocycles. The van der Waals surface area contributed by atoms with Crippen LogP contribution < -0.4 is 21.3 Å². The number of nitrogens with one attached hydrogen (secondary N) is 4. The molecule has 2 saturated carbocycles. The molecule has 3 aliphatic rings. The van der Waals surface area contributed by atoms with Crippen LogP contribution in [0.25, 0.3) is 44.3 Å². The predicted molar refractivity (Wildman–Crippen MR) is 270 cm³/mol. The molecule has 0 spiro atoms. The number of benzene rings is 2. The van der Waals surface area contributed by atoms with Gasteiger partial charge >= 0.3 is 0 Å². The van der Waals surface area contributed by atoms with Gasteiger partial charge in [-0.3, -0.25) is 19.2 Å². The number of amides is 4. The van der Waals surface area contributed by atoms with E-state index in [1.54, 1.807) is 37.2 Å². The van der Waals surface area contributed by atoms with Crippen LogP contribution in [0.3, 0.4) is 0 Å². The van der Waals surface area contributed by atoms with E-state index in [0.717, 1.165) is 89.3 Å². The molecule has 0 radical (unpaired) electrons. The summed E-state index contributed by atoms with van der Waals surface area (Å²) in [5.41, 5.74) is 9.58. The minimum Gasteiger partial charge on any atom is -0.472 e. The number of fused-ring (bicyclic) bond motifs is 2. The average molecular weight is 919 g/mol. The van der Waals surface area contributed by atoms with Crippen LogP contribution in [0.2, 0.25) is 0 Å². The first-order chi connectivity index (χ1) is 33.4. The molecule has 2 aliphatic carbocycles. The number of carbonyl (C=O) groups excluding carboxylic acids is 4. The first-order valence-electron chi connectivity index (χ1n) is 24.7. The van der Waals surface area contributed by atoms with Crippen molar-refractivity contribution in [3.05, 3.63) is 133 Å². The molecule has 2 fully saturated rings. The van der Waals surface area contributed by atoms with Gasteiger partial charge in [-0.25, -0.2) is 0 Å². The van der Waals surface area contributed by atoms with Crippen LogP contribution in [0, 0.1) is 0 Å². The highest BCUT2D eigenvalue weighted by Crippen LogP contribution is 2.46. The van der Waals surface area contributed by atoms with Gasteiger partial charge in [0.25, 0.3) is 11.8 Å². The molecule has 12 heteroatoms. The number of hydrogen-bond donors (Lipinski definition) is 4. The van der Waals surface area contributed by atoms with E-state index in [2.05, 4.69) is 61.8 Å². The molecule has 4 N–H and O–H groups in total. The fourth-order valence-electron chi connectivity index (χ4n) is 10.4. The first kappa shape index (κ1) is 47.7. The molecule has 6 aromatic rings. The Morgan fingerprint density at radius 1 is 0.676 bits per heavy atom. The Balaban J connectivity index is 0.000000184. The number of rotatable bonds is 13. The van der Waals surface area contributed by atoms with E-state index in [1.165, 1.54) is 49.7 Å². The molecule has 0 unspecified atom stereocenters. The lowest BCUT2D eigenvalue weighted by Crippen LogP contribution is -2.28. The molecule has 1 aliphatic heterocycles. The van der Waals surface area contributed by atoms with Gasteiger partial charge in [-0.2, -0.15) is 0 Å². The first-order valence-corrected chi connectivity index (χ1v) is 24.7. The van der Waals surface area contributed by atoms with E-state index in [4.69, 9.17) is 8.83 Å². The lowest BCUT2D eigenvalue weighted by Gasteiger charge is -2.23. The second kappa shape index (κ2) is 23.3. The van der Waals surface area contributed by atoms with Crippen LogP contribution in [0.15, 0.2) is 120 Å². The molecule has 4 amide bonds. The molecule has 2 aromatic carbocycles. The summed E-state index contributed by atoms with van der Waals surface area (Å²) in [4.78, 5) is 51.6. The number of carbonyl (C=O) groups is 4. The number of hydrogen-bond acceptors (Lipinski definition) is 6. The zero-order valence-corrected chi connectivity index (χ0v) is 39.3. The van der Waals surface area contributed by atoms with Gasteiger partial charge in [0.1, 0.15) is 13.1 Å². The van der Waals surface area contributed by atoms with Crippen LogP contribution in [-0.2, 0) is 22.7 Å². The summed E-state index contributed by atoms with van der Waals surface area (Å²) in [5, 5.41) is 14.2. The Morgan fingerprint density at radius 3 is 1.90 bits per heavy atom. The maximum absolute atomic E-state index is 13.0. The maximum Gasteiger partial charge on any atom is 0.251 e. The van der Waals surface area contributed by atoms with Crippen molar-refractivity contribution in [2.24, 2.45) is 0 Å². The summed E-state index contributed by atoms with van der Waals surface area (Å²) in [6, 6.07) is 15.7. The minimum absolute atomic E-state index is 0.0232. The topological polar surface area (TPSA) is 153 Å². The van der Waals surface area contributed by atoms with Crippen molar-refractivity contribution in [3.8, 4) is 22.5 Å². The van der Waals surface area contributed by atoms with Crippen molar-refractivity contribution in [2.45, 2.75) is 115 Å². The average Bonchev–Trinajstić information content (AvgIpc) is 4.20. The Bertz CT molecular complexity index is 2730. The molecular formula is C56H66N6O6. The predicted octanol–water partition coefficient (Wildman–Crippen LogP) is 11.1. The van der Waals surface area contributed by atoms with E-state index >= 15 is 0 Å². The molecule has 4 aromatic heterocycles. The van der Waals surface area contributed by atoms with Crippen LogP contribution in [-0.4, -0.2) is 58.9 Å². The van der Waals surface area contributed by atoms with Gasteiger partial charge in [-0.1, -0.05) is 75.0 Å². The molecule has 9 rings (SSSR count). The molecule has 68 heavy (non-hydrogen) atoms. The molecule has 0 atom stereocenters. The van der Waals surface area contributed by atoms with Crippen LogP contribution in [0.4, 0.5) is 0 Å². The SMILES string of the molecule is C=CCCNC(=O)Cn1c(-c2ccoc2)c(C2CCCCC2)c2ccc(C(=O)NCCC=C)cc21.O=C1Cn2c(-c3ccoc3)c(C3CCCCC3)c3ccc(cc32)C(=O)NCC/C=C\CCN1. The largest absolute Gasteiger partial charge is 0.472 e. The Hall–Kier alpha value is -6.82. The summed E-state index contributed by atoms with van der Waals surface area (Å²) >= 11 is 0. The normalized spacial score (nSPS) is 16.8. The fraction of sp³-hybridized carbons (Fsp3) is 0.393. The number of nitrogens with zero attached hydrogens (tertiary/aromatic N) is 2. The molecule has 0 saturated heterocycles. The van der Waals surface area contributed by atoms with E-state index < -0.39 is 0 Å². The maximum atomic E-state index is 13.0. The monoisotopic (exact) mass is 919 g/mol. The smallest absolute Gasteiger partial charge is 0.251 e. The van der Waals surface area contributed by atoms with Crippen LogP contribution >= 0.6 is 0 Å². The Morgan fingerprint density at radius 2 is 1.26 bits per heavy atom. The fourth-order valence-corrected chi connectivity index (χ4v) is 10.4. The van der Waals surface area contributed by atoms with Crippen molar-refractivity contribution < 1.29 is 28.0 Å². The van der Waals surface area contributed by atoms with Gasteiger partial charge in [-0.15, -0.1) is 13.2 Å². The van der Waals surface area contributed by atoms with Crippen LogP contribution in [0.1, 0.15) is 134 Å². The van der Waals surface area contributed by atoms with E-state index in [1.807, 2.05) is 42.5 Å². The van der Waals surface area contributed by atoms with Gasteiger partial charge in [0.05, 0.1) is 47.5 Å². The quantitative estimate of drug-likeness (QED) is 0.0668. The van der Waals surface area contributed by atoms with Crippen molar-refractivity contribution in [1.29, 1.82) is 0 Å². The summed E-state index contributed by atoms with van der Waals surface area (Å²) in [6.45, 7) is 10.1. The summed E-state index contributed by atoms with van der Waals surface area (Å²) in [7, 11) is 0. The highest BCUT2D eigenvalue weighted by molar-refractivity contribution is 6.02. The highest BCUT2D eigenvalue weighted by Gasteiger charge is 2.30. The van der Waals surface area contributed by atoms with Crippen molar-refractivity contribution in [1.82, 2.24) is 30.4 Å². The summed E-state index contributed by atoms with van der Waals surface area (Å²) < 4.78 is 15.1. The van der Waals surface area contributed by atoms with E-state index in [9.17, 15) is 19.2 Å². The van der Waals surface area contributed by atoms with Crippen molar-refractivity contribution >= 4 is 45.4 Å². The van der Waals surface area contributed by atoms with E-state index in [-0.39, 0.29) is 36.7 Å². The molecule has 2 bridgehead atoms. The number of furan rings is 2. The third kappa shape index (κ3) is 11.1. The standard InChI is InChI=1S/C29H35N3O3.C27H31N3O3/c1-3-5-15-30-26(33)19-32-25-18-22(29(34)31-16-6-4-2)12-13-24(25)27(21-10-8-7-9-11-21)28(32)23-14-17-35-20-23;31-24-17-30-23-16-20(27(32)29-14-7-2-1-6-13-28-24)10-11-22(23)25(19-8-4-3-5-9-19)26(30)21-12-15-33-18-21/h3-4,12-14,17-18,20-21H,1-2,5-11,15-16,19H2,(H,30,33)(H,31,34);1-2,10-12,15-16,18-19H,3-9,13-14,17H2,(H,28,31)(H,29,32)/b;2-1-.